The van der Waals surface area contributed by atoms with Crippen LogP contribution in [0.4, 0.5) is 0 Å². The first-order valence-electron chi connectivity index (χ1n) is 5.02. The summed E-state index contributed by atoms with van der Waals surface area (Å²) in [6.45, 7) is 0. The van der Waals surface area contributed by atoms with Crippen LogP contribution in [0.1, 0.15) is 38.5 Å². The molecule has 0 aliphatic heterocycles. The number of carbonyl (C=O) groups is 1. The fourth-order valence-electron chi connectivity index (χ4n) is 2.67. The summed E-state index contributed by atoms with van der Waals surface area (Å²) in [6.07, 6.45) is 6.11. The molecule has 0 radical (unpaired) electrons. The molecule has 0 atom stereocenters. The van der Waals surface area contributed by atoms with Gasteiger partial charge in [0.2, 0.25) is 0 Å². The summed E-state index contributed by atoms with van der Waals surface area (Å²) < 4.78 is 4.86. The van der Waals surface area contributed by atoms with Crippen molar-refractivity contribution in [3.05, 3.63) is 0 Å². The van der Waals surface area contributed by atoms with Gasteiger partial charge in [-0.3, -0.25) is 4.79 Å². The summed E-state index contributed by atoms with van der Waals surface area (Å²) >= 11 is 0. The Labute approximate surface area is 90.8 Å². The van der Waals surface area contributed by atoms with Gasteiger partial charge in [-0.25, -0.2) is 0 Å². The number of nitrogens with two attached hydrogens (primary N) is 1. The Morgan fingerprint density at radius 3 is 1.93 bits per heavy atom. The first-order valence-corrected chi connectivity index (χ1v) is 5.02. The summed E-state index contributed by atoms with van der Waals surface area (Å²) in [4.78, 5) is 11.7. The van der Waals surface area contributed by atoms with Gasteiger partial charge >= 0.3 is 5.97 Å². The van der Waals surface area contributed by atoms with Gasteiger partial charge < -0.3 is 10.5 Å². The molecule has 2 fully saturated rings. The van der Waals surface area contributed by atoms with Crippen molar-refractivity contribution in [1.29, 1.82) is 0 Å². The van der Waals surface area contributed by atoms with Gasteiger partial charge in [-0.1, -0.05) is 6.42 Å². The fourth-order valence-corrected chi connectivity index (χ4v) is 2.67. The van der Waals surface area contributed by atoms with E-state index in [0.29, 0.717) is 0 Å². The van der Waals surface area contributed by atoms with E-state index in [4.69, 9.17) is 10.5 Å². The van der Waals surface area contributed by atoms with Crippen molar-refractivity contribution in [2.45, 2.75) is 44.1 Å². The molecule has 0 amide bonds. The van der Waals surface area contributed by atoms with Crippen molar-refractivity contribution < 1.29 is 9.53 Å². The molecule has 82 valence electrons. The largest absolute Gasteiger partial charge is 0.469 e. The lowest BCUT2D eigenvalue weighted by molar-refractivity contribution is -0.169. The molecule has 4 heteroatoms. The fraction of sp³-hybridized carbons (Fsp3) is 0.900. The minimum atomic E-state index is -0.319. The SMILES string of the molecule is COC(=O)C1(C2(N)CCC2)CCC1.Cl. The molecule has 2 N–H and O–H groups in total. The van der Waals surface area contributed by atoms with Crippen molar-refractivity contribution in [3.63, 3.8) is 0 Å². The Morgan fingerprint density at radius 2 is 1.71 bits per heavy atom. The average Bonchev–Trinajstić information content (AvgIpc) is 1.98. The molecule has 0 spiro atoms. The molecule has 2 saturated carbocycles. The molecule has 0 aromatic heterocycles. The Hall–Kier alpha value is -0.280. The Bertz CT molecular complexity index is 234. The summed E-state index contributed by atoms with van der Waals surface area (Å²) in [5.41, 5.74) is 5.66. The molecule has 0 heterocycles. The van der Waals surface area contributed by atoms with Gasteiger partial charge in [0, 0.05) is 5.54 Å². The highest BCUT2D eigenvalue weighted by molar-refractivity contribution is 5.85. The van der Waals surface area contributed by atoms with Crippen LogP contribution in [0.2, 0.25) is 0 Å². The van der Waals surface area contributed by atoms with Crippen molar-refractivity contribution >= 4 is 18.4 Å². The van der Waals surface area contributed by atoms with Gasteiger partial charge in [-0.05, 0) is 32.1 Å². The van der Waals surface area contributed by atoms with Crippen LogP contribution in [0.15, 0.2) is 0 Å². The van der Waals surface area contributed by atoms with Crippen LogP contribution in [-0.4, -0.2) is 18.6 Å². The second-order valence-electron chi connectivity index (χ2n) is 4.44. The monoisotopic (exact) mass is 219 g/mol. The minimum Gasteiger partial charge on any atom is -0.469 e. The number of carbonyl (C=O) groups excluding carboxylic acids is 1. The van der Waals surface area contributed by atoms with Crippen LogP contribution in [0.5, 0.6) is 0 Å². The maximum absolute atomic E-state index is 11.7. The molecule has 2 aliphatic carbocycles. The van der Waals surface area contributed by atoms with Gasteiger partial charge in [-0.2, -0.15) is 0 Å². The predicted molar refractivity (Wildman–Crippen MR) is 56.3 cm³/mol. The van der Waals surface area contributed by atoms with Gasteiger partial charge in [0.05, 0.1) is 12.5 Å². The van der Waals surface area contributed by atoms with Crippen LogP contribution >= 0.6 is 12.4 Å². The van der Waals surface area contributed by atoms with E-state index < -0.39 is 0 Å². The third kappa shape index (κ3) is 1.26. The van der Waals surface area contributed by atoms with Gasteiger partial charge in [-0.15, -0.1) is 12.4 Å². The second-order valence-corrected chi connectivity index (χ2v) is 4.44. The van der Waals surface area contributed by atoms with E-state index in [2.05, 4.69) is 0 Å². The van der Waals surface area contributed by atoms with E-state index >= 15 is 0 Å². The summed E-state index contributed by atoms with van der Waals surface area (Å²) in [7, 11) is 1.46. The van der Waals surface area contributed by atoms with Crippen molar-refractivity contribution in [2.75, 3.05) is 7.11 Å². The lowest BCUT2D eigenvalue weighted by Gasteiger charge is -2.56. The van der Waals surface area contributed by atoms with Crippen LogP contribution < -0.4 is 5.73 Å². The van der Waals surface area contributed by atoms with Crippen molar-refractivity contribution in [2.24, 2.45) is 11.1 Å². The lowest BCUT2D eigenvalue weighted by atomic mass is 9.51. The highest BCUT2D eigenvalue weighted by Crippen LogP contribution is 2.56. The molecular formula is C10H18ClNO2. The zero-order valence-electron chi connectivity index (χ0n) is 8.54. The van der Waals surface area contributed by atoms with Crippen LogP contribution in [-0.2, 0) is 9.53 Å². The number of rotatable bonds is 2. The number of hydrogen-bond acceptors (Lipinski definition) is 3. The van der Waals surface area contributed by atoms with E-state index in [1.165, 1.54) is 7.11 Å². The molecule has 0 aromatic rings. The van der Waals surface area contributed by atoms with Crippen LogP contribution in [0, 0.1) is 5.41 Å². The van der Waals surface area contributed by atoms with Gasteiger partial charge in [0.1, 0.15) is 0 Å². The number of ether oxygens (including phenoxy) is 1. The molecule has 0 aromatic carbocycles. The molecule has 2 aliphatic rings. The number of esters is 1. The molecule has 0 saturated heterocycles. The average molecular weight is 220 g/mol. The summed E-state index contributed by atoms with van der Waals surface area (Å²) in [6, 6.07) is 0. The van der Waals surface area contributed by atoms with Gasteiger partial charge in [0.15, 0.2) is 0 Å². The maximum Gasteiger partial charge on any atom is 0.313 e. The molecule has 0 unspecified atom stereocenters. The zero-order valence-corrected chi connectivity index (χ0v) is 9.36. The molecule has 0 bridgehead atoms. The summed E-state index contributed by atoms with van der Waals surface area (Å²) in [5.74, 6) is -0.0825. The molecule has 3 nitrogen and oxygen atoms in total. The van der Waals surface area contributed by atoms with E-state index in [0.717, 1.165) is 38.5 Å². The Morgan fingerprint density at radius 1 is 1.21 bits per heavy atom. The number of methoxy groups -OCH3 is 1. The lowest BCUT2D eigenvalue weighted by Crippen LogP contribution is -2.66. The zero-order chi connectivity index (χ0) is 9.53. The minimum absolute atomic E-state index is 0. The first-order chi connectivity index (χ1) is 6.15. The maximum atomic E-state index is 11.7. The molecule has 14 heavy (non-hydrogen) atoms. The first kappa shape index (κ1) is 11.8. The second kappa shape index (κ2) is 3.70. The van der Waals surface area contributed by atoms with E-state index in [1.807, 2.05) is 0 Å². The molecule has 2 rings (SSSR count). The van der Waals surface area contributed by atoms with Crippen LogP contribution in [0.25, 0.3) is 0 Å². The highest BCUT2D eigenvalue weighted by atomic mass is 35.5. The van der Waals surface area contributed by atoms with E-state index in [9.17, 15) is 4.79 Å². The Kier molecular flexibility index (Phi) is 3.12. The van der Waals surface area contributed by atoms with E-state index in [-0.39, 0.29) is 29.3 Å². The Balaban J connectivity index is 0.000000980. The third-order valence-electron chi connectivity index (χ3n) is 3.98. The quantitative estimate of drug-likeness (QED) is 0.719. The number of halogens is 1. The third-order valence-corrected chi connectivity index (χ3v) is 3.98. The smallest absolute Gasteiger partial charge is 0.313 e. The topological polar surface area (TPSA) is 52.3 Å². The summed E-state index contributed by atoms with van der Waals surface area (Å²) in [5, 5.41) is 0. The van der Waals surface area contributed by atoms with Gasteiger partial charge in [0.25, 0.3) is 0 Å². The molecular weight excluding hydrogens is 202 g/mol. The normalized spacial score (nSPS) is 26.4. The van der Waals surface area contributed by atoms with Crippen molar-refractivity contribution in [3.8, 4) is 0 Å². The standard InChI is InChI=1S/C10H17NO2.ClH/c1-13-8(12)9(4-2-5-9)10(11)6-3-7-10;/h2-7,11H2,1H3;1H. The predicted octanol–water partition coefficient (Wildman–Crippen LogP) is 1.63. The number of hydrogen-bond donors (Lipinski definition) is 1. The highest BCUT2D eigenvalue weighted by Gasteiger charge is 2.60. The van der Waals surface area contributed by atoms with Crippen LogP contribution in [0.3, 0.4) is 0 Å². The van der Waals surface area contributed by atoms with Crippen molar-refractivity contribution in [1.82, 2.24) is 0 Å². The van der Waals surface area contributed by atoms with E-state index in [1.54, 1.807) is 0 Å².